The lowest BCUT2D eigenvalue weighted by Gasteiger charge is -2.32. The molecule has 8 nitrogen and oxygen atoms in total. The second-order valence-corrected chi connectivity index (χ2v) is 9.46. The van der Waals surface area contributed by atoms with Crippen molar-refractivity contribution in [1.29, 1.82) is 0 Å². The van der Waals surface area contributed by atoms with Crippen molar-refractivity contribution in [2.24, 2.45) is 0 Å². The number of aliphatic hydroxyl groups excluding tert-OH is 1. The number of ether oxygens (including phenoxy) is 1. The van der Waals surface area contributed by atoms with Crippen molar-refractivity contribution in [3.05, 3.63) is 35.4 Å². The Balaban J connectivity index is 3.30. The minimum Gasteiger partial charge on any atom is -0.444 e. The number of alkyl carbamates (subject to hydrolysis) is 1. The van der Waals surface area contributed by atoms with Crippen LogP contribution in [0.15, 0.2) is 24.3 Å². The molecular formula is C24H35N3O5. The molecule has 3 amide bonds. The molecule has 0 aromatic heterocycles. The summed E-state index contributed by atoms with van der Waals surface area (Å²) in [7, 11) is 0. The van der Waals surface area contributed by atoms with Gasteiger partial charge in [0.1, 0.15) is 17.7 Å². The normalized spacial score (nSPS) is 13.3. The van der Waals surface area contributed by atoms with Gasteiger partial charge in [-0.05, 0) is 59.1 Å². The van der Waals surface area contributed by atoms with Crippen molar-refractivity contribution in [2.45, 2.75) is 78.1 Å². The molecule has 0 aliphatic heterocycles. The van der Waals surface area contributed by atoms with Crippen LogP contribution in [-0.4, -0.2) is 51.7 Å². The summed E-state index contributed by atoms with van der Waals surface area (Å²) < 4.78 is 5.15. The van der Waals surface area contributed by atoms with Gasteiger partial charge in [0, 0.05) is 11.6 Å². The Morgan fingerprint density at radius 1 is 1.12 bits per heavy atom. The van der Waals surface area contributed by atoms with Crippen LogP contribution in [-0.2, 0) is 20.7 Å². The lowest BCUT2D eigenvalue weighted by Crippen LogP contribution is -2.54. The van der Waals surface area contributed by atoms with E-state index < -0.39 is 47.7 Å². The molecule has 1 aromatic rings. The summed E-state index contributed by atoms with van der Waals surface area (Å²) in [6.07, 6.45) is 5.57. The highest BCUT2D eigenvalue weighted by Gasteiger charge is 2.36. The van der Waals surface area contributed by atoms with Gasteiger partial charge in [0.15, 0.2) is 0 Å². The summed E-state index contributed by atoms with van der Waals surface area (Å²) in [6.45, 7) is 11.7. The largest absolute Gasteiger partial charge is 0.444 e. The van der Waals surface area contributed by atoms with Crippen LogP contribution in [0.25, 0.3) is 0 Å². The molecule has 0 saturated carbocycles. The predicted molar refractivity (Wildman–Crippen MR) is 122 cm³/mol. The Bertz CT molecular complexity index is 844. The van der Waals surface area contributed by atoms with Crippen molar-refractivity contribution >= 4 is 17.9 Å². The second-order valence-electron chi connectivity index (χ2n) is 9.46. The molecule has 1 rings (SSSR count). The first kappa shape index (κ1) is 27.0. The fourth-order valence-electron chi connectivity index (χ4n) is 2.86. The van der Waals surface area contributed by atoms with Gasteiger partial charge in [-0.1, -0.05) is 37.6 Å². The fourth-order valence-corrected chi connectivity index (χ4v) is 2.86. The molecule has 0 saturated heterocycles. The maximum atomic E-state index is 13.2. The van der Waals surface area contributed by atoms with Crippen LogP contribution in [0.4, 0.5) is 4.79 Å². The smallest absolute Gasteiger partial charge is 0.408 e. The lowest BCUT2D eigenvalue weighted by molar-refractivity contribution is -0.139. The standard InChI is InChI=1S/C24H35N3O5/c1-9-16-11-13-17(14-12-16)19(20(29)26-23(3,4)5)27(10-2)21(30)18(15-28)25-22(31)32-24(6,7)8/h2,11-14,18-19,28H,9,15H2,1,3-8H3,(H,25,31)(H,26,29). The lowest BCUT2D eigenvalue weighted by atomic mass is 9.99. The molecule has 0 heterocycles. The zero-order valence-corrected chi connectivity index (χ0v) is 20.0. The van der Waals surface area contributed by atoms with E-state index in [0.717, 1.165) is 16.9 Å². The molecule has 2 atom stereocenters. The highest BCUT2D eigenvalue weighted by atomic mass is 16.6. The number of hydrogen-bond donors (Lipinski definition) is 3. The summed E-state index contributed by atoms with van der Waals surface area (Å²) in [5.74, 6) is -1.29. The van der Waals surface area contributed by atoms with Gasteiger partial charge >= 0.3 is 6.09 Å². The van der Waals surface area contributed by atoms with E-state index in [1.807, 2.05) is 39.8 Å². The summed E-state index contributed by atoms with van der Waals surface area (Å²) >= 11 is 0. The zero-order valence-electron chi connectivity index (χ0n) is 20.0. The van der Waals surface area contributed by atoms with E-state index in [4.69, 9.17) is 11.2 Å². The Kier molecular flexibility index (Phi) is 9.28. The van der Waals surface area contributed by atoms with Crippen molar-refractivity contribution in [3.63, 3.8) is 0 Å². The molecular weight excluding hydrogens is 410 g/mol. The molecule has 0 aliphatic carbocycles. The average Bonchev–Trinajstić information content (AvgIpc) is 2.67. The first-order chi connectivity index (χ1) is 14.7. The molecule has 3 N–H and O–H groups in total. The van der Waals surface area contributed by atoms with Crippen LogP contribution in [0.2, 0.25) is 0 Å². The van der Waals surface area contributed by atoms with E-state index in [9.17, 15) is 19.5 Å². The Morgan fingerprint density at radius 2 is 1.69 bits per heavy atom. The number of benzene rings is 1. The first-order valence-corrected chi connectivity index (χ1v) is 10.5. The van der Waals surface area contributed by atoms with Crippen LogP contribution in [0.5, 0.6) is 0 Å². The molecule has 0 bridgehead atoms. The third kappa shape index (κ3) is 8.23. The van der Waals surface area contributed by atoms with Crippen LogP contribution in [0.1, 0.15) is 65.6 Å². The van der Waals surface area contributed by atoms with Crippen molar-refractivity contribution in [1.82, 2.24) is 15.5 Å². The van der Waals surface area contributed by atoms with Gasteiger partial charge < -0.3 is 20.5 Å². The highest BCUT2D eigenvalue weighted by Crippen LogP contribution is 2.24. The average molecular weight is 446 g/mol. The molecule has 0 aliphatic rings. The van der Waals surface area contributed by atoms with Gasteiger partial charge in [-0.25, -0.2) is 4.79 Å². The molecule has 8 heteroatoms. The van der Waals surface area contributed by atoms with E-state index >= 15 is 0 Å². The van der Waals surface area contributed by atoms with Gasteiger partial charge in [0.05, 0.1) is 6.61 Å². The van der Waals surface area contributed by atoms with Crippen molar-refractivity contribution in [3.8, 4) is 12.5 Å². The van der Waals surface area contributed by atoms with Gasteiger partial charge in [-0.3, -0.25) is 14.5 Å². The second kappa shape index (κ2) is 11.0. The van der Waals surface area contributed by atoms with Crippen LogP contribution in [0, 0.1) is 12.5 Å². The SMILES string of the molecule is C#CN(C(=O)C(CO)NC(=O)OC(C)(C)C)C(C(=O)NC(C)(C)C)c1ccc(CC)cc1. The molecule has 0 radical (unpaired) electrons. The van der Waals surface area contributed by atoms with Crippen LogP contribution in [0.3, 0.4) is 0 Å². The predicted octanol–water partition coefficient (Wildman–Crippen LogP) is 2.51. The third-order valence-corrected chi connectivity index (χ3v) is 4.26. The number of rotatable bonds is 7. The number of aliphatic hydroxyl groups is 1. The van der Waals surface area contributed by atoms with Gasteiger partial charge in [0.25, 0.3) is 5.91 Å². The van der Waals surface area contributed by atoms with Gasteiger partial charge in [-0.15, -0.1) is 0 Å². The number of hydrogen-bond acceptors (Lipinski definition) is 5. The van der Waals surface area contributed by atoms with Gasteiger partial charge in [0.2, 0.25) is 5.91 Å². The number of amides is 3. The molecule has 32 heavy (non-hydrogen) atoms. The summed E-state index contributed by atoms with van der Waals surface area (Å²) in [5.41, 5.74) is 0.189. The fraction of sp³-hybridized carbons (Fsp3) is 0.542. The number of nitrogens with zero attached hydrogens (tertiary/aromatic N) is 1. The van der Waals surface area contributed by atoms with Gasteiger partial charge in [-0.2, -0.15) is 0 Å². The van der Waals surface area contributed by atoms with E-state index in [-0.39, 0.29) is 0 Å². The van der Waals surface area contributed by atoms with Crippen LogP contribution >= 0.6 is 0 Å². The number of carbonyl (C=O) groups excluding carboxylic acids is 3. The molecule has 176 valence electrons. The van der Waals surface area contributed by atoms with E-state index in [1.165, 1.54) is 0 Å². The maximum absolute atomic E-state index is 13.2. The van der Waals surface area contributed by atoms with E-state index in [2.05, 4.69) is 16.7 Å². The quantitative estimate of drug-likeness (QED) is 0.442. The zero-order chi connectivity index (χ0) is 24.7. The number of aryl methyl sites for hydroxylation is 1. The molecule has 0 spiro atoms. The molecule has 0 fully saturated rings. The topological polar surface area (TPSA) is 108 Å². The first-order valence-electron chi connectivity index (χ1n) is 10.5. The highest BCUT2D eigenvalue weighted by molar-refractivity contribution is 5.93. The Hall–Kier alpha value is -3.05. The Labute approximate surface area is 190 Å². The summed E-state index contributed by atoms with van der Waals surface area (Å²) in [4.78, 5) is 39.4. The Morgan fingerprint density at radius 3 is 2.09 bits per heavy atom. The van der Waals surface area contributed by atoms with Crippen molar-refractivity contribution < 1.29 is 24.2 Å². The number of nitrogens with one attached hydrogen (secondary N) is 2. The van der Waals surface area contributed by atoms with E-state index in [0.29, 0.717) is 5.56 Å². The maximum Gasteiger partial charge on any atom is 0.408 e. The van der Waals surface area contributed by atoms with E-state index in [1.54, 1.807) is 32.9 Å². The minimum atomic E-state index is -1.39. The summed E-state index contributed by atoms with van der Waals surface area (Å²) in [5, 5.41) is 14.9. The van der Waals surface area contributed by atoms with Crippen LogP contribution < -0.4 is 10.6 Å². The van der Waals surface area contributed by atoms with Crippen molar-refractivity contribution in [2.75, 3.05) is 6.61 Å². The minimum absolute atomic E-state index is 0.484. The third-order valence-electron chi connectivity index (χ3n) is 4.26. The number of carbonyl (C=O) groups is 3. The monoisotopic (exact) mass is 445 g/mol. The molecule has 2 unspecified atom stereocenters. The summed E-state index contributed by atoms with van der Waals surface area (Å²) in [6, 6.07) is 6.88. The molecule has 1 aromatic carbocycles. The number of terminal acetylenes is 1.